The van der Waals surface area contributed by atoms with Gasteiger partial charge in [-0.05, 0) is 42.7 Å². The van der Waals surface area contributed by atoms with Crippen molar-refractivity contribution in [2.45, 2.75) is 46.1 Å². The van der Waals surface area contributed by atoms with Crippen LogP contribution >= 0.6 is 0 Å². The van der Waals surface area contributed by atoms with Crippen molar-refractivity contribution < 1.29 is 4.74 Å². The zero-order valence-corrected chi connectivity index (χ0v) is 12.6. The SMILES string of the molecule is COc1cccc(N[C@@H]2C[C@H](C)CC[C@@H]2C(C)C)c1. The van der Waals surface area contributed by atoms with Crippen molar-refractivity contribution >= 4 is 5.69 Å². The Morgan fingerprint density at radius 3 is 2.74 bits per heavy atom. The van der Waals surface area contributed by atoms with Gasteiger partial charge in [-0.15, -0.1) is 0 Å². The Balaban J connectivity index is 2.09. The highest BCUT2D eigenvalue weighted by Gasteiger charge is 2.30. The highest BCUT2D eigenvalue weighted by Crippen LogP contribution is 2.35. The molecule has 106 valence electrons. The summed E-state index contributed by atoms with van der Waals surface area (Å²) in [5, 5.41) is 3.74. The Labute approximate surface area is 117 Å². The second-order valence-electron chi connectivity index (χ2n) is 6.31. The van der Waals surface area contributed by atoms with E-state index >= 15 is 0 Å². The van der Waals surface area contributed by atoms with Gasteiger partial charge < -0.3 is 10.1 Å². The van der Waals surface area contributed by atoms with E-state index in [-0.39, 0.29) is 0 Å². The van der Waals surface area contributed by atoms with Crippen LogP contribution in [0.2, 0.25) is 0 Å². The van der Waals surface area contributed by atoms with Crippen molar-refractivity contribution in [1.29, 1.82) is 0 Å². The first kappa shape index (κ1) is 14.2. The normalized spacial score (nSPS) is 27.3. The van der Waals surface area contributed by atoms with E-state index in [9.17, 15) is 0 Å². The van der Waals surface area contributed by atoms with E-state index in [1.165, 1.54) is 24.9 Å². The first-order valence-corrected chi connectivity index (χ1v) is 7.50. The molecule has 0 bridgehead atoms. The Morgan fingerprint density at radius 2 is 2.05 bits per heavy atom. The third kappa shape index (κ3) is 3.65. The van der Waals surface area contributed by atoms with Gasteiger partial charge in [-0.25, -0.2) is 0 Å². The van der Waals surface area contributed by atoms with E-state index in [0.29, 0.717) is 6.04 Å². The zero-order valence-electron chi connectivity index (χ0n) is 12.6. The lowest BCUT2D eigenvalue weighted by atomic mass is 9.74. The minimum absolute atomic E-state index is 0.593. The molecule has 1 aliphatic rings. The van der Waals surface area contributed by atoms with Crippen molar-refractivity contribution in [3.05, 3.63) is 24.3 Å². The summed E-state index contributed by atoms with van der Waals surface area (Å²) in [5.74, 6) is 3.28. The fourth-order valence-corrected chi connectivity index (χ4v) is 3.30. The van der Waals surface area contributed by atoms with E-state index in [1.807, 2.05) is 6.07 Å². The van der Waals surface area contributed by atoms with Crippen LogP contribution < -0.4 is 10.1 Å². The van der Waals surface area contributed by atoms with Gasteiger partial charge in [0.25, 0.3) is 0 Å². The quantitative estimate of drug-likeness (QED) is 0.857. The van der Waals surface area contributed by atoms with Gasteiger partial charge in [0.15, 0.2) is 0 Å². The number of rotatable bonds is 4. The zero-order chi connectivity index (χ0) is 13.8. The van der Waals surface area contributed by atoms with Gasteiger partial charge in [0.2, 0.25) is 0 Å². The summed E-state index contributed by atoms with van der Waals surface area (Å²) in [6.07, 6.45) is 4.00. The molecule has 1 N–H and O–H groups in total. The lowest BCUT2D eigenvalue weighted by Crippen LogP contribution is -2.37. The predicted octanol–water partition coefficient (Wildman–Crippen LogP) is 4.57. The Morgan fingerprint density at radius 1 is 1.26 bits per heavy atom. The highest BCUT2D eigenvalue weighted by molar-refractivity contribution is 5.49. The smallest absolute Gasteiger partial charge is 0.120 e. The highest BCUT2D eigenvalue weighted by atomic mass is 16.5. The fraction of sp³-hybridized carbons (Fsp3) is 0.647. The lowest BCUT2D eigenvalue weighted by Gasteiger charge is -2.38. The molecule has 0 radical (unpaired) electrons. The molecule has 0 unspecified atom stereocenters. The standard InChI is InChI=1S/C17H27NO/c1-12(2)16-9-8-13(3)10-17(16)18-14-6-5-7-15(11-14)19-4/h5-7,11-13,16-18H,8-10H2,1-4H3/t13-,16-,17-/m1/s1. The van der Waals surface area contributed by atoms with Crippen molar-refractivity contribution in [2.75, 3.05) is 12.4 Å². The van der Waals surface area contributed by atoms with Crippen LogP contribution in [0.5, 0.6) is 5.75 Å². The van der Waals surface area contributed by atoms with Crippen LogP contribution in [-0.4, -0.2) is 13.2 Å². The van der Waals surface area contributed by atoms with E-state index in [0.717, 1.165) is 23.5 Å². The number of nitrogens with one attached hydrogen (secondary N) is 1. The third-order valence-electron chi connectivity index (χ3n) is 4.44. The van der Waals surface area contributed by atoms with Gasteiger partial charge in [0.05, 0.1) is 7.11 Å². The molecule has 3 atom stereocenters. The van der Waals surface area contributed by atoms with Gasteiger partial charge in [-0.3, -0.25) is 0 Å². The fourth-order valence-electron chi connectivity index (χ4n) is 3.30. The van der Waals surface area contributed by atoms with Crippen molar-refractivity contribution in [1.82, 2.24) is 0 Å². The number of methoxy groups -OCH3 is 1. The molecule has 2 nitrogen and oxygen atoms in total. The number of hydrogen-bond donors (Lipinski definition) is 1. The summed E-state index contributed by atoms with van der Waals surface area (Å²) in [7, 11) is 1.72. The van der Waals surface area contributed by atoms with Crippen molar-refractivity contribution in [3.63, 3.8) is 0 Å². The molecular weight excluding hydrogens is 234 g/mol. The minimum atomic E-state index is 0.593. The molecule has 19 heavy (non-hydrogen) atoms. The molecule has 1 aromatic rings. The summed E-state index contributed by atoms with van der Waals surface area (Å²) >= 11 is 0. The van der Waals surface area contributed by atoms with E-state index < -0.39 is 0 Å². The van der Waals surface area contributed by atoms with Crippen LogP contribution in [-0.2, 0) is 0 Å². The summed E-state index contributed by atoms with van der Waals surface area (Å²) < 4.78 is 5.30. The van der Waals surface area contributed by atoms with Crippen LogP contribution in [0.4, 0.5) is 5.69 Å². The molecule has 0 aromatic heterocycles. The van der Waals surface area contributed by atoms with Gasteiger partial charge in [0.1, 0.15) is 5.75 Å². The molecule has 0 aliphatic heterocycles. The molecule has 0 amide bonds. The first-order chi connectivity index (χ1) is 9.10. The summed E-state index contributed by atoms with van der Waals surface area (Å²) in [5.41, 5.74) is 1.18. The van der Waals surface area contributed by atoms with Crippen LogP contribution in [0.3, 0.4) is 0 Å². The predicted molar refractivity (Wildman–Crippen MR) is 81.7 cm³/mol. The summed E-state index contributed by atoms with van der Waals surface area (Å²) in [6, 6.07) is 8.87. The minimum Gasteiger partial charge on any atom is -0.497 e. The molecule has 1 aromatic carbocycles. The maximum absolute atomic E-state index is 5.30. The van der Waals surface area contributed by atoms with Gasteiger partial charge in [-0.2, -0.15) is 0 Å². The summed E-state index contributed by atoms with van der Waals surface area (Å²) in [6.45, 7) is 7.07. The summed E-state index contributed by atoms with van der Waals surface area (Å²) in [4.78, 5) is 0. The van der Waals surface area contributed by atoms with E-state index in [1.54, 1.807) is 7.11 Å². The molecule has 1 aliphatic carbocycles. The maximum atomic E-state index is 5.30. The average Bonchev–Trinajstić information content (AvgIpc) is 2.38. The lowest BCUT2D eigenvalue weighted by molar-refractivity contribution is 0.212. The van der Waals surface area contributed by atoms with E-state index in [4.69, 9.17) is 4.74 Å². The number of ether oxygens (including phenoxy) is 1. The first-order valence-electron chi connectivity index (χ1n) is 7.50. The Bertz CT molecular complexity index is 402. The molecule has 1 saturated carbocycles. The molecule has 1 fully saturated rings. The molecule has 0 saturated heterocycles. The van der Waals surface area contributed by atoms with Gasteiger partial charge in [0, 0.05) is 17.8 Å². The number of benzene rings is 1. The van der Waals surface area contributed by atoms with Crippen molar-refractivity contribution in [3.8, 4) is 5.75 Å². The Kier molecular flexibility index (Phi) is 4.73. The second kappa shape index (κ2) is 6.31. The Hall–Kier alpha value is -1.18. The molecule has 0 heterocycles. The third-order valence-corrected chi connectivity index (χ3v) is 4.44. The van der Waals surface area contributed by atoms with Crippen LogP contribution in [0, 0.1) is 17.8 Å². The topological polar surface area (TPSA) is 21.3 Å². The largest absolute Gasteiger partial charge is 0.497 e. The maximum Gasteiger partial charge on any atom is 0.120 e. The second-order valence-corrected chi connectivity index (χ2v) is 6.31. The molecule has 2 rings (SSSR count). The van der Waals surface area contributed by atoms with E-state index in [2.05, 4.69) is 44.3 Å². The van der Waals surface area contributed by atoms with Gasteiger partial charge in [-0.1, -0.05) is 33.3 Å². The number of hydrogen-bond acceptors (Lipinski definition) is 2. The van der Waals surface area contributed by atoms with Gasteiger partial charge >= 0.3 is 0 Å². The van der Waals surface area contributed by atoms with Crippen LogP contribution in [0.15, 0.2) is 24.3 Å². The van der Waals surface area contributed by atoms with Crippen LogP contribution in [0.1, 0.15) is 40.0 Å². The molecule has 0 spiro atoms. The molecule has 2 heteroatoms. The van der Waals surface area contributed by atoms with Crippen LogP contribution in [0.25, 0.3) is 0 Å². The number of anilines is 1. The average molecular weight is 261 g/mol. The van der Waals surface area contributed by atoms with Crippen molar-refractivity contribution in [2.24, 2.45) is 17.8 Å². The monoisotopic (exact) mass is 261 g/mol. The molecular formula is C17H27NO.